The number of hydrogen-bond donors (Lipinski definition) is 1. The number of benzene rings is 1. The molecule has 0 radical (unpaired) electrons. The molecule has 18 heavy (non-hydrogen) atoms. The highest BCUT2D eigenvalue weighted by Crippen LogP contribution is 2.26. The van der Waals surface area contributed by atoms with Crippen LogP contribution in [0.1, 0.15) is 5.56 Å². The first-order chi connectivity index (χ1) is 8.78. The standard InChI is InChI=1S/C13H8N4O/c14-8-9-5-6-17-12(7-9)15-13(16-17)10-3-1-2-4-11(10)18/h1-7,18H. The fourth-order valence-electron chi connectivity index (χ4n) is 1.73. The minimum absolute atomic E-state index is 0.133. The van der Waals surface area contributed by atoms with E-state index in [-0.39, 0.29) is 5.75 Å². The fraction of sp³-hybridized carbons (Fsp3) is 0. The minimum atomic E-state index is 0.133. The highest BCUT2D eigenvalue weighted by atomic mass is 16.3. The maximum Gasteiger partial charge on any atom is 0.185 e. The van der Waals surface area contributed by atoms with E-state index in [1.807, 2.05) is 6.07 Å². The summed E-state index contributed by atoms with van der Waals surface area (Å²) in [6.45, 7) is 0. The SMILES string of the molecule is N#Cc1ccn2nc(-c3ccccc3O)nc2c1. The molecular weight excluding hydrogens is 228 g/mol. The second-order valence-electron chi connectivity index (χ2n) is 3.78. The van der Waals surface area contributed by atoms with Gasteiger partial charge in [-0.1, -0.05) is 12.1 Å². The van der Waals surface area contributed by atoms with Gasteiger partial charge in [0, 0.05) is 12.3 Å². The maximum atomic E-state index is 9.75. The Morgan fingerprint density at radius 1 is 1.22 bits per heavy atom. The number of aromatic hydroxyl groups is 1. The van der Waals surface area contributed by atoms with Gasteiger partial charge in [0.1, 0.15) is 5.75 Å². The number of nitrogens with zero attached hydrogens (tertiary/aromatic N) is 4. The zero-order valence-corrected chi connectivity index (χ0v) is 9.28. The van der Waals surface area contributed by atoms with E-state index in [9.17, 15) is 5.11 Å². The molecule has 86 valence electrons. The van der Waals surface area contributed by atoms with Crippen LogP contribution in [0.3, 0.4) is 0 Å². The number of phenols is 1. The molecule has 1 aromatic carbocycles. The smallest absolute Gasteiger partial charge is 0.185 e. The van der Waals surface area contributed by atoms with Crippen molar-refractivity contribution in [2.75, 3.05) is 0 Å². The van der Waals surface area contributed by atoms with Gasteiger partial charge in [0.15, 0.2) is 11.5 Å². The molecule has 3 aromatic rings. The third-order valence-electron chi connectivity index (χ3n) is 2.61. The van der Waals surface area contributed by atoms with E-state index in [1.54, 1.807) is 47.1 Å². The molecule has 0 amide bonds. The van der Waals surface area contributed by atoms with Crippen LogP contribution in [0.25, 0.3) is 17.0 Å². The van der Waals surface area contributed by atoms with E-state index in [1.165, 1.54) is 0 Å². The second-order valence-corrected chi connectivity index (χ2v) is 3.78. The molecule has 0 unspecified atom stereocenters. The largest absolute Gasteiger partial charge is 0.507 e. The van der Waals surface area contributed by atoms with Crippen molar-refractivity contribution in [3.8, 4) is 23.2 Å². The van der Waals surface area contributed by atoms with Crippen molar-refractivity contribution in [2.45, 2.75) is 0 Å². The second kappa shape index (κ2) is 3.86. The lowest BCUT2D eigenvalue weighted by Gasteiger charge is -1.97. The van der Waals surface area contributed by atoms with Gasteiger partial charge in [0.05, 0.1) is 17.2 Å². The Hall–Kier alpha value is -2.87. The summed E-state index contributed by atoms with van der Waals surface area (Å²) in [5.41, 5.74) is 1.67. The van der Waals surface area contributed by atoms with Crippen molar-refractivity contribution in [1.29, 1.82) is 5.26 Å². The van der Waals surface area contributed by atoms with Crippen LogP contribution < -0.4 is 0 Å². The summed E-state index contributed by atoms with van der Waals surface area (Å²) >= 11 is 0. The van der Waals surface area contributed by atoms with Gasteiger partial charge < -0.3 is 5.11 Å². The molecule has 1 N–H and O–H groups in total. The van der Waals surface area contributed by atoms with Crippen LogP contribution in [0.15, 0.2) is 42.6 Å². The zero-order valence-electron chi connectivity index (χ0n) is 9.28. The first kappa shape index (κ1) is 10.3. The average molecular weight is 236 g/mol. The molecule has 0 aliphatic carbocycles. The predicted molar refractivity (Wildman–Crippen MR) is 64.8 cm³/mol. The van der Waals surface area contributed by atoms with Gasteiger partial charge in [-0.25, -0.2) is 9.50 Å². The molecule has 2 heterocycles. The summed E-state index contributed by atoms with van der Waals surface area (Å²) < 4.78 is 1.57. The van der Waals surface area contributed by atoms with Crippen LogP contribution in [0, 0.1) is 11.3 Å². The van der Waals surface area contributed by atoms with Crippen LogP contribution in [0.5, 0.6) is 5.75 Å². The summed E-state index contributed by atoms with van der Waals surface area (Å²) in [6, 6.07) is 12.2. The van der Waals surface area contributed by atoms with E-state index in [0.29, 0.717) is 22.6 Å². The third-order valence-corrected chi connectivity index (χ3v) is 2.61. The molecule has 0 aliphatic rings. The van der Waals surface area contributed by atoms with Crippen LogP contribution in [0.2, 0.25) is 0 Å². The van der Waals surface area contributed by atoms with Crippen LogP contribution in [-0.4, -0.2) is 19.7 Å². The monoisotopic (exact) mass is 236 g/mol. The molecule has 0 fully saturated rings. The summed E-state index contributed by atoms with van der Waals surface area (Å²) in [7, 11) is 0. The number of pyridine rings is 1. The maximum absolute atomic E-state index is 9.75. The normalized spacial score (nSPS) is 10.4. The number of hydrogen-bond acceptors (Lipinski definition) is 4. The topological polar surface area (TPSA) is 74.2 Å². The molecule has 0 bridgehead atoms. The van der Waals surface area contributed by atoms with Crippen molar-refractivity contribution in [3.05, 3.63) is 48.2 Å². The average Bonchev–Trinajstić information content (AvgIpc) is 2.81. The molecule has 5 nitrogen and oxygen atoms in total. The van der Waals surface area contributed by atoms with E-state index >= 15 is 0 Å². The highest BCUT2D eigenvalue weighted by molar-refractivity contribution is 5.65. The van der Waals surface area contributed by atoms with Crippen molar-refractivity contribution >= 4 is 5.65 Å². The molecule has 0 aliphatic heterocycles. The van der Waals surface area contributed by atoms with Gasteiger partial charge in [0.25, 0.3) is 0 Å². The Balaban J connectivity index is 2.20. The molecule has 0 spiro atoms. The van der Waals surface area contributed by atoms with E-state index in [4.69, 9.17) is 5.26 Å². The molecule has 0 saturated carbocycles. The summed E-state index contributed by atoms with van der Waals surface area (Å²) in [5.74, 6) is 0.567. The predicted octanol–water partition coefficient (Wildman–Crippen LogP) is 1.97. The number of fused-ring (bicyclic) bond motifs is 1. The van der Waals surface area contributed by atoms with E-state index in [2.05, 4.69) is 10.1 Å². The van der Waals surface area contributed by atoms with Crippen LogP contribution in [0.4, 0.5) is 0 Å². The van der Waals surface area contributed by atoms with Gasteiger partial charge in [-0.05, 0) is 18.2 Å². The molecule has 5 heteroatoms. The molecule has 0 atom stereocenters. The lowest BCUT2D eigenvalue weighted by atomic mass is 10.2. The fourth-order valence-corrected chi connectivity index (χ4v) is 1.73. The highest BCUT2D eigenvalue weighted by Gasteiger charge is 2.10. The van der Waals surface area contributed by atoms with Crippen molar-refractivity contribution < 1.29 is 5.11 Å². The van der Waals surface area contributed by atoms with Crippen molar-refractivity contribution in [1.82, 2.24) is 14.6 Å². The Labute approximate surface area is 103 Å². The van der Waals surface area contributed by atoms with Crippen molar-refractivity contribution in [2.24, 2.45) is 0 Å². The minimum Gasteiger partial charge on any atom is -0.507 e. The lowest BCUT2D eigenvalue weighted by molar-refractivity contribution is 0.477. The number of phenolic OH excluding ortho intramolecular Hbond substituents is 1. The number of para-hydroxylation sites is 1. The van der Waals surface area contributed by atoms with Crippen LogP contribution >= 0.6 is 0 Å². The Morgan fingerprint density at radius 2 is 2.06 bits per heavy atom. The molecule has 0 saturated heterocycles. The molecule has 3 rings (SSSR count). The molecular formula is C13H8N4O. The first-order valence-electron chi connectivity index (χ1n) is 5.33. The van der Waals surface area contributed by atoms with Gasteiger partial charge in [0.2, 0.25) is 0 Å². The number of rotatable bonds is 1. The molecule has 2 aromatic heterocycles. The van der Waals surface area contributed by atoms with Gasteiger partial charge in [-0.15, -0.1) is 5.10 Å². The van der Waals surface area contributed by atoms with Crippen LogP contribution in [-0.2, 0) is 0 Å². The zero-order chi connectivity index (χ0) is 12.5. The summed E-state index contributed by atoms with van der Waals surface area (Å²) in [4.78, 5) is 4.29. The Morgan fingerprint density at radius 3 is 2.83 bits per heavy atom. The Kier molecular flexibility index (Phi) is 2.21. The van der Waals surface area contributed by atoms with E-state index < -0.39 is 0 Å². The number of nitriles is 1. The third kappa shape index (κ3) is 1.57. The van der Waals surface area contributed by atoms with Gasteiger partial charge in [-0.3, -0.25) is 0 Å². The summed E-state index contributed by atoms with van der Waals surface area (Å²) in [6.07, 6.45) is 1.67. The van der Waals surface area contributed by atoms with E-state index in [0.717, 1.165) is 0 Å². The summed E-state index contributed by atoms with van der Waals surface area (Å²) in [5, 5.41) is 22.8. The van der Waals surface area contributed by atoms with Gasteiger partial charge in [-0.2, -0.15) is 5.26 Å². The quantitative estimate of drug-likeness (QED) is 0.701. The number of aromatic nitrogens is 3. The first-order valence-corrected chi connectivity index (χ1v) is 5.33. The Bertz CT molecular complexity index is 770. The van der Waals surface area contributed by atoms with Crippen molar-refractivity contribution in [3.63, 3.8) is 0 Å². The van der Waals surface area contributed by atoms with Gasteiger partial charge >= 0.3 is 0 Å². The lowest BCUT2D eigenvalue weighted by Crippen LogP contribution is -1.87.